The molecule has 0 aliphatic heterocycles. The molecule has 0 heterocycles. The summed E-state index contributed by atoms with van der Waals surface area (Å²) in [7, 11) is 0. The topological polar surface area (TPSA) is 12.4 Å². The predicted octanol–water partition coefficient (Wildman–Crippen LogP) is 8.40. The number of rotatable bonds is 11. The minimum absolute atomic E-state index is 0.746. The van der Waals surface area contributed by atoms with Gasteiger partial charge in [0.2, 0.25) is 0 Å². The van der Waals surface area contributed by atoms with Crippen LogP contribution in [0.4, 0.5) is 0 Å². The smallest absolute Gasteiger partial charge is 0.0643 e. The monoisotopic (exact) mass is 377 g/mol. The summed E-state index contributed by atoms with van der Waals surface area (Å²) in [5, 5.41) is 0. The Morgan fingerprint density at radius 1 is 1.00 bits per heavy atom. The molecule has 0 saturated heterocycles. The molecule has 1 heteroatoms. The second-order valence-corrected chi connectivity index (χ2v) is 7.31. The molecule has 0 aromatic heterocycles. The van der Waals surface area contributed by atoms with Gasteiger partial charge < -0.3 is 0 Å². The van der Waals surface area contributed by atoms with Gasteiger partial charge in [-0.25, -0.2) is 0 Å². The highest BCUT2D eigenvalue weighted by Gasteiger charge is 2.13. The third-order valence-corrected chi connectivity index (χ3v) is 5.05. The van der Waals surface area contributed by atoms with E-state index < -0.39 is 0 Å². The van der Waals surface area contributed by atoms with Gasteiger partial charge in [0.1, 0.15) is 0 Å². The Bertz CT molecular complexity index is 727. The highest BCUT2D eigenvalue weighted by atomic mass is 14.7. The molecule has 0 bridgehead atoms. The summed E-state index contributed by atoms with van der Waals surface area (Å²) in [6, 6.07) is 10.6. The van der Waals surface area contributed by atoms with Crippen molar-refractivity contribution in [1.82, 2.24) is 0 Å². The van der Waals surface area contributed by atoms with Crippen LogP contribution in [0.15, 0.2) is 81.9 Å². The van der Waals surface area contributed by atoms with Crippen LogP contribution in [-0.2, 0) is 6.54 Å². The molecule has 152 valence electrons. The van der Waals surface area contributed by atoms with E-state index in [1.54, 1.807) is 0 Å². The van der Waals surface area contributed by atoms with Crippen molar-refractivity contribution in [2.24, 2.45) is 4.99 Å². The highest BCUT2D eigenvalue weighted by molar-refractivity contribution is 6.02. The summed E-state index contributed by atoms with van der Waals surface area (Å²) < 4.78 is 0. The van der Waals surface area contributed by atoms with Gasteiger partial charge >= 0.3 is 0 Å². The molecule has 1 aromatic rings. The van der Waals surface area contributed by atoms with Gasteiger partial charge in [-0.3, -0.25) is 4.99 Å². The molecule has 0 aliphatic rings. The van der Waals surface area contributed by atoms with Crippen molar-refractivity contribution in [3.63, 3.8) is 0 Å². The van der Waals surface area contributed by atoms with E-state index in [4.69, 9.17) is 4.99 Å². The summed E-state index contributed by atoms with van der Waals surface area (Å²) in [5.41, 5.74) is 8.23. The molecule has 28 heavy (non-hydrogen) atoms. The second kappa shape index (κ2) is 13.9. The summed E-state index contributed by atoms with van der Waals surface area (Å²) in [5.74, 6) is 0. The lowest BCUT2D eigenvalue weighted by Gasteiger charge is -2.18. The minimum atomic E-state index is 0.746. The Hall–Kier alpha value is -2.15. The first-order chi connectivity index (χ1) is 13.6. The zero-order chi connectivity index (χ0) is 20.8. The van der Waals surface area contributed by atoms with Crippen LogP contribution in [0.1, 0.15) is 79.2 Å². The molecule has 0 spiro atoms. The Morgan fingerprint density at radius 3 is 2.29 bits per heavy atom. The lowest BCUT2D eigenvalue weighted by molar-refractivity contribution is 0.889. The van der Waals surface area contributed by atoms with Crippen LogP contribution in [0, 0.1) is 0 Å². The van der Waals surface area contributed by atoms with Crippen molar-refractivity contribution in [3.05, 3.63) is 82.5 Å². The summed E-state index contributed by atoms with van der Waals surface area (Å²) >= 11 is 0. The van der Waals surface area contributed by atoms with Gasteiger partial charge in [-0.2, -0.15) is 0 Å². The quantitative estimate of drug-likeness (QED) is 0.208. The maximum Gasteiger partial charge on any atom is 0.0643 e. The van der Waals surface area contributed by atoms with Crippen LogP contribution >= 0.6 is 0 Å². The van der Waals surface area contributed by atoms with Gasteiger partial charge in [-0.1, -0.05) is 86.1 Å². The molecule has 0 radical (unpaired) electrons. The first-order valence-corrected chi connectivity index (χ1v) is 10.8. The van der Waals surface area contributed by atoms with Gasteiger partial charge in [0.15, 0.2) is 0 Å². The number of nitrogens with zero attached hydrogens (tertiary/aromatic N) is 1. The van der Waals surface area contributed by atoms with Gasteiger partial charge in [0.25, 0.3) is 0 Å². The molecule has 0 fully saturated rings. The van der Waals surface area contributed by atoms with Crippen LogP contribution < -0.4 is 0 Å². The van der Waals surface area contributed by atoms with E-state index in [1.807, 2.05) is 0 Å². The zero-order valence-corrected chi connectivity index (χ0v) is 18.9. The number of allylic oxidation sites excluding steroid dienone is 8. The van der Waals surface area contributed by atoms with Crippen LogP contribution in [0.5, 0.6) is 0 Å². The van der Waals surface area contributed by atoms with E-state index in [9.17, 15) is 0 Å². The van der Waals surface area contributed by atoms with E-state index in [-0.39, 0.29) is 0 Å². The normalized spacial score (nSPS) is 14.6. The van der Waals surface area contributed by atoms with E-state index in [0.29, 0.717) is 0 Å². The third kappa shape index (κ3) is 8.25. The van der Waals surface area contributed by atoms with Crippen molar-refractivity contribution < 1.29 is 0 Å². The van der Waals surface area contributed by atoms with Crippen molar-refractivity contribution in [2.75, 3.05) is 0 Å². The molecule has 0 amide bonds. The molecule has 1 nitrogen and oxygen atoms in total. The lowest BCUT2D eigenvalue weighted by Crippen LogP contribution is -2.09. The average Bonchev–Trinajstić information content (AvgIpc) is 2.72. The molecule has 0 unspecified atom stereocenters. The fourth-order valence-electron chi connectivity index (χ4n) is 3.37. The molecule has 1 rings (SSSR count). The number of aliphatic imine (C=N–C) groups is 1. The van der Waals surface area contributed by atoms with Crippen molar-refractivity contribution in [2.45, 2.75) is 80.2 Å². The molecular weight excluding hydrogens is 338 g/mol. The fraction of sp³-hybridized carbons (Fsp3) is 0.444. The lowest BCUT2D eigenvalue weighted by atomic mass is 9.89. The third-order valence-electron chi connectivity index (χ3n) is 5.05. The first kappa shape index (κ1) is 23.9. The van der Waals surface area contributed by atoms with Crippen LogP contribution in [0.2, 0.25) is 0 Å². The SMILES string of the molecule is C/C=C\C/C=C(/C)CC(=NCc1ccccc1)/C(CC)=C(CCC)/C(C)=C/C. The van der Waals surface area contributed by atoms with E-state index in [0.717, 1.165) is 38.6 Å². The van der Waals surface area contributed by atoms with Gasteiger partial charge in [-0.15, -0.1) is 0 Å². The zero-order valence-electron chi connectivity index (χ0n) is 18.9. The largest absolute Gasteiger partial charge is 0.284 e. The summed E-state index contributed by atoms with van der Waals surface area (Å²) in [6.45, 7) is 14.0. The molecule has 0 N–H and O–H groups in total. The van der Waals surface area contributed by atoms with Crippen LogP contribution in [-0.4, -0.2) is 5.71 Å². The Labute approximate surface area is 173 Å². The highest BCUT2D eigenvalue weighted by Crippen LogP contribution is 2.26. The Kier molecular flexibility index (Phi) is 11.9. The van der Waals surface area contributed by atoms with E-state index >= 15 is 0 Å². The standard InChI is InChI=1S/C27H39N/c1-7-11-13-17-22(5)20-27(28-21-24-18-14-12-15-19-24)25(10-4)26(16-8-2)23(6)9-3/h7,9,11-12,14-15,17-19H,8,10,13,16,20-21H2,1-6H3/b11-7-,22-17-,23-9+,26-25+,28-27?. The molecular formula is C27H39N. The predicted molar refractivity (Wildman–Crippen MR) is 127 cm³/mol. The number of hydrogen-bond acceptors (Lipinski definition) is 1. The van der Waals surface area contributed by atoms with E-state index in [2.05, 4.69) is 96.2 Å². The maximum atomic E-state index is 5.13. The molecule has 0 atom stereocenters. The second-order valence-electron chi connectivity index (χ2n) is 7.31. The molecule has 0 saturated carbocycles. The van der Waals surface area contributed by atoms with Crippen molar-refractivity contribution >= 4 is 5.71 Å². The van der Waals surface area contributed by atoms with Crippen molar-refractivity contribution in [3.8, 4) is 0 Å². The van der Waals surface area contributed by atoms with Gasteiger partial charge in [0.05, 0.1) is 6.54 Å². The fourth-order valence-corrected chi connectivity index (χ4v) is 3.37. The summed E-state index contributed by atoms with van der Waals surface area (Å²) in [6.07, 6.45) is 14.1. The molecule has 1 aromatic carbocycles. The minimum Gasteiger partial charge on any atom is -0.284 e. The molecule has 0 aliphatic carbocycles. The number of benzene rings is 1. The average molecular weight is 378 g/mol. The van der Waals surface area contributed by atoms with E-state index in [1.165, 1.54) is 33.6 Å². The van der Waals surface area contributed by atoms with Crippen LogP contribution in [0.3, 0.4) is 0 Å². The Morgan fingerprint density at radius 2 is 1.71 bits per heavy atom. The van der Waals surface area contributed by atoms with Crippen LogP contribution in [0.25, 0.3) is 0 Å². The summed E-state index contributed by atoms with van der Waals surface area (Å²) in [4.78, 5) is 5.13. The maximum absolute atomic E-state index is 5.13. The first-order valence-electron chi connectivity index (χ1n) is 10.8. The van der Waals surface area contributed by atoms with Crippen molar-refractivity contribution in [1.29, 1.82) is 0 Å². The van der Waals surface area contributed by atoms with Gasteiger partial charge in [-0.05, 0) is 63.7 Å². The van der Waals surface area contributed by atoms with Gasteiger partial charge in [0, 0.05) is 12.1 Å². The Balaban J connectivity index is 3.34. The number of hydrogen-bond donors (Lipinski definition) is 0.